The van der Waals surface area contributed by atoms with Crippen molar-refractivity contribution in [1.29, 1.82) is 0 Å². The van der Waals surface area contributed by atoms with Crippen molar-refractivity contribution < 1.29 is 13.2 Å². The number of amides is 1. The van der Waals surface area contributed by atoms with Gasteiger partial charge in [0.15, 0.2) is 9.84 Å². The number of sulfone groups is 1. The van der Waals surface area contributed by atoms with Crippen molar-refractivity contribution in [2.45, 2.75) is 17.4 Å². The summed E-state index contributed by atoms with van der Waals surface area (Å²) in [6, 6.07) is 13.8. The van der Waals surface area contributed by atoms with Crippen LogP contribution in [0.3, 0.4) is 0 Å². The van der Waals surface area contributed by atoms with Gasteiger partial charge < -0.3 is 5.32 Å². The van der Waals surface area contributed by atoms with Crippen LogP contribution in [0, 0.1) is 0 Å². The van der Waals surface area contributed by atoms with Crippen LogP contribution in [0.5, 0.6) is 0 Å². The fourth-order valence-corrected chi connectivity index (χ4v) is 4.62. The monoisotopic (exact) mass is 389 g/mol. The maximum atomic E-state index is 12.3. The molecule has 1 amide bonds. The van der Waals surface area contributed by atoms with Crippen LogP contribution in [0.4, 0.5) is 0 Å². The predicted molar refractivity (Wildman–Crippen MR) is 101 cm³/mol. The lowest BCUT2D eigenvalue weighted by atomic mass is 10.2. The van der Waals surface area contributed by atoms with E-state index < -0.39 is 9.84 Å². The fraction of sp³-hybridized carbons (Fsp3) is 0.222. The van der Waals surface area contributed by atoms with E-state index in [0.717, 1.165) is 4.88 Å². The van der Waals surface area contributed by atoms with Gasteiger partial charge in [-0.05, 0) is 29.6 Å². The number of hydrogen-bond donors (Lipinski definition) is 1. The molecule has 0 saturated heterocycles. The molecule has 136 valence electrons. The third-order valence-electron chi connectivity index (χ3n) is 3.91. The molecule has 0 spiro atoms. The molecule has 1 unspecified atom stereocenters. The van der Waals surface area contributed by atoms with E-state index in [2.05, 4.69) is 10.4 Å². The van der Waals surface area contributed by atoms with Crippen LogP contribution in [-0.2, 0) is 14.6 Å². The van der Waals surface area contributed by atoms with E-state index in [-0.39, 0.29) is 29.0 Å². The molecule has 3 rings (SSSR count). The standard InChI is InChI=1S/C18H19N3O3S2/c22-18(9-13-26(23,24)15-6-2-1-3-7-15)19-14-16(17-8-4-12-25-17)21-11-5-10-20-21/h1-8,10-12,16H,9,13-14H2,(H,19,22). The average molecular weight is 390 g/mol. The molecule has 6 nitrogen and oxygen atoms in total. The first kappa shape index (κ1) is 18.3. The first-order valence-corrected chi connectivity index (χ1v) is 10.7. The van der Waals surface area contributed by atoms with Gasteiger partial charge in [0.2, 0.25) is 5.91 Å². The summed E-state index contributed by atoms with van der Waals surface area (Å²) in [4.78, 5) is 13.5. The summed E-state index contributed by atoms with van der Waals surface area (Å²) in [5.41, 5.74) is 0. The molecular formula is C18H19N3O3S2. The molecule has 0 aliphatic heterocycles. The second-order valence-electron chi connectivity index (χ2n) is 5.70. The summed E-state index contributed by atoms with van der Waals surface area (Å²) in [7, 11) is -3.46. The van der Waals surface area contributed by atoms with Gasteiger partial charge in [0.1, 0.15) is 6.04 Å². The van der Waals surface area contributed by atoms with Crippen LogP contribution in [0.2, 0.25) is 0 Å². The largest absolute Gasteiger partial charge is 0.354 e. The zero-order chi connectivity index (χ0) is 18.4. The molecule has 1 N–H and O–H groups in total. The van der Waals surface area contributed by atoms with E-state index in [1.807, 2.05) is 29.8 Å². The molecule has 26 heavy (non-hydrogen) atoms. The Morgan fingerprint density at radius 2 is 1.96 bits per heavy atom. The van der Waals surface area contributed by atoms with Gasteiger partial charge in [-0.25, -0.2) is 8.42 Å². The van der Waals surface area contributed by atoms with Crippen LogP contribution >= 0.6 is 11.3 Å². The zero-order valence-electron chi connectivity index (χ0n) is 14.0. The van der Waals surface area contributed by atoms with Gasteiger partial charge >= 0.3 is 0 Å². The molecule has 0 saturated carbocycles. The summed E-state index contributed by atoms with van der Waals surface area (Å²) in [5.74, 6) is -0.507. The summed E-state index contributed by atoms with van der Waals surface area (Å²) in [6.07, 6.45) is 3.46. The van der Waals surface area contributed by atoms with E-state index in [1.165, 1.54) is 12.1 Å². The molecular weight excluding hydrogens is 370 g/mol. The molecule has 0 radical (unpaired) electrons. The number of nitrogens with one attached hydrogen (secondary N) is 1. The number of rotatable bonds is 8. The zero-order valence-corrected chi connectivity index (χ0v) is 15.6. The van der Waals surface area contributed by atoms with Gasteiger partial charge in [-0.15, -0.1) is 11.3 Å². The van der Waals surface area contributed by atoms with Crippen LogP contribution < -0.4 is 5.32 Å². The molecule has 8 heteroatoms. The number of nitrogens with zero attached hydrogens (tertiary/aromatic N) is 2. The number of thiophene rings is 1. The number of benzene rings is 1. The van der Waals surface area contributed by atoms with Gasteiger partial charge in [-0.2, -0.15) is 5.10 Å². The molecule has 0 aliphatic carbocycles. The Hall–Kier alpha value is -2.45. The second kappa shape index (κ2) is 8.29. The van der Waals surface area contributed by atoms with Crippen molar-refractivity contribution in [1.82, 2.24) is 15.1 Å². The van der Waals surface area contributed by atoms with E-state index in [9.17, 15) is 13.2 Å². The molecule has 2 aromatic heterocycles. The van der Waals surface area contributed by atoms with Gasteiger partial charge in [0.05, 0.1) is 10.6 Å². The maximum Gasteiger partial charge on any atom is 0.221 e. The fourth-order valence-electron chi connectivity index (χ4n) is 2.54. The van der Waals surface area contributed by atoms with Gasteiger partial charge in [-0.3, -0.25) is 9.48 Å². The molecule has 0 fully saturated rings. The van der Waals surface area contributed by atoms with E-state index in [1.54, 1.807) is 40.4 Å². The third kappa shape index (κ3) is 4.59. The Bertz CT molecular complexity index is 887. The Morgan fingerprint density at radius 1 is 1.15 bits per heavy atom. The molecule has 2 heterocycles. The summed E-state index contributed by atoms with van der Waals surface area (Å²) in [5, 5.41) is 9.05. The molecule has 1 atom stereocenters. The van der Waals surface area contributed by atoms with Crippen LogP contribution in [-0.4, -0.2) is 36.4 Å². The number of carbonyl (C=O) groups excluding carboxylic acids is 1. The lowest BCUT2D eigenvalue weighted by molar-refractivity contribution is -0.120. The van der Waals surface area contributed by atoms with Crippen LogP contribution in [0.25, 0.3) is 0 Å². The SMILES string of the molecule is O=C(CCS(=O)(=O)c1ccccc1)NCC(c1cccs1)n1cccn1. The molecule has 0 bridgehead atoms. The minimum atomic E-state index is -3.46. The molecule has 0 aliphatic rings. The average Bonchev–Trinajstić information content (AvgIpc) is 3.36. The lowest BCUT2D eigenvalue weighted by Crippen LogP contribution is -2.32. The molecule has 1 aromatic carbocycles. The third-order valence-corrected chi connectivity index (χ3v) is 6.61. The highest BCUT2D eigenvalue weighted by Crippen LogP contribution is 2.22. The first-order valence-electron chi connectivity index (χ1n) is 8.13. The highest BCUT2D eigenvalue weighted by molar-refractivity contribution is 7.91. The van der Waals surface area contributed by atoms with Crippen molar-refractivity contribution in [2.75, 3.05) is 12.3 Å². The van der Waals surface area contributed by atoms with Gasteiger partial charge in [0, 0.05) is 30.2 Å². The normalized spacial score (nSPS) is 12.6. The summed E-state index contributed by atoms with van der Waals surface area (Å²) < 4.78 is 26.3. The minimum Gasteiger partial charge on any atom is -0.354 e. The number of hydrogen-bond acceptors (Lipinski definition) is 5. The maximum absolute atomic E-state index is 12.3. The highest BCUT2D eigenvalue weighted by atomic mass is 32.2. The lowest BCUT2D eigenvalue weighted by Gasteiger charge is -2.17. The Morgan fingerprint density at radius 3 is 2.62 bits per heavy atom. The number of aromatic nitrogens is 2. The summed E-state index contributed by atoms with van der Waals surface area (Å²) >= 11 is 1.59. The second-order valence-corrected chi connectivity index (χ2v) is 8.79. The van der Waals surface area contributed by atoms with E-state index in [0.29, 0.717) is 6.54 Å². The topological polar surface area (TPSA) is 81.1 Å². The van der Waals surface area contributed by atoms with Crippen molar-refractivity contribution in [3.05, 3.63) is 71.2 Å². The number of carbonyl (C=O) groups is 1. The van der Waals surface area contributed by atoms with Crippen molar-refractivity contribution in [3.63, 3.8) is 0 Å². The Kier molecular flexibility index (Phi) is 5.85. The summed E-state index contributed by atoms with van der Waals surface area (Å²) in [6.45, 7) is 0.354. The van der Waals surface area contributed by atoms with Crippen LogP contribution in [0.15, 0.2) is 71.2 Å². The van der Waals surface area contributed by atoms with E-state index >= 15 is 0 Å². The minimum absolute atomic E-state index is 0.0759. The first-order chi connectivity index (χ1) is 12.6. The van der Waals surface area contributed by atoms with Crippen LogP contribution in [0.1, 0.15) is 17.3 Å². The predicted octanol–water partition coefficient (Wildman–Crippen LogP) is 2.51. The van der Waals surface area contributed by atoms with E-state index in [4.69, 9.17) is 0 Å². The van der Waals surface area contributed by atoms with Crippen molar-refractivity contribution in [2.24, 2.45) is 0 Å². The van der Waals surface area contributed by atoms with Crippen molar-refractivity contribution >= 4 is 27.1 Å². The smallest absolute Gasteiger partial charge is 0.221 e. The molecule has 3 aromatic rings. The van der Waals surface area contributed by atoms with Gasteiger partial charge in [0.25, 0.3) is 0 Å². The highest BCUT2D eigenvalue weighted by Gasteiger charge is 2.19. The Balaban J connectivity index is 1.58. The quantitative estimate of drug-likeness (QED) is 0.642. The van der Waals surface area contributed by atoms with Gasteiger partial charge in [-0.1, -0.05) is 24.3 Å². The Labute approximate surface area is 156 Å². The van der Waals surface area contributed by atoms with Crippen molar-refractivity contribution in [3.8, 4) is 0 Å².